The van der Waals surface area contributed by atoms with Crippen molar-refractivity contribution in [2.45, 2.75) is 19.8 Å². The van der Waals surface area contributed by atoms with E-state index in [4.69, 9.17) is 16.3 Å². The largest absolute Gasteiger partial charge is 0.494 e. The third-order valence-corrected chi connectivity index (χ3v) is 5.22. The highest BCUT2D eigenvalue weighted by molar-refractivity contribution is 6.30. The third kappa shape index (κ3) is 4.72. The van der Waals surface area contributed by atoms with Crippen LogP contribution in [0.3, 0.4) is 0 Å². The molecule has 0 N–H and O–H groups in total. The predicted octanol–water partition coefficient (Wildman–Crippen LogP) is 4.08. The second-order valence-corrected chi connectivity index (χ2v) is 7.20. The molecule has 0 saturated carbocycles. The highest BCUT2D eigenvalue weighted by Gasteiger charge is 2.22. The molecule has 1 aliphatic rings. The first-order valence-corrected chi connectivity index (χ1v) is 9.47. The summed E-state index contributed by atoms with van der Waals surface area (Å²) >= 11 is 6.12. The second kappa shape index (κ2) is 8.61. The minimum atomic E-state index is -0.395. The van der Waals surface area contributed by atoms with E-state index in [1.54, 1.807) is 12.1 Å². The van der Waals surface area contributed by atoms with Crippen molar-refractivity contribution in [2.24, 2.45) is 0 Å². The van der Waals surface area contributed by atoms with Crippen LogP contribution in [0.15, 0.2) is 36.4 Å². The number of rotatable bonds is 5. The number of hydrogen-bond donors (Lipinski definition) is 0. The first-order valence-electron chi connectivity index (χ1n) is 9.09. The lowest BCUT2D eigenvalue weighted by Gasteiger charge is -2.37. The molecule has 0 bridgehead atoms. The first-order chi connectivity index (χ1) is 13.0. The van der Waals surface area contributed by atoms with Gasteiger partial charge in [0.1, 0.15) is 0 Å². The molecule has 3 rings (SSSR count). The van der Waals surface area contributed by atoms with Crippen LogP contribution < -0.4 is 9.64 Å². The van der Waals surface area contributed by atoms with E-state index >= 15 is 0 Å². The van der Waals surface area contributed by atoms with Crippen molar-refractivity contribution in [1.82, 2.24) is 4.90 Å². The summed E-state index contributed by atoms with van der Waals surface area (Å²) < 4.78 is 18.7. The Kier molecular flexibility index (Phi) is 6.22. The smallest absolute Gasteiger partial charge is 0.223 e. The number of anilines is 1. The monoisotopic (exact) mass is 390 g/mol. The summed E-state index contributed by atoms with van der Waals surface area (Å²) in [4.78, 5) is 16.7. The number of carbonyl (C=O) groups is 1. The Hall–Kier alpha value is -2.27. The number of amides is 1. The van der Waals surface area contributed by atoms with Gasteiger partial charge in [-0.25, -0.2) is 4.39 Å². The van der Waals surface area contributed by atoms with Gasteiger partial charge < -0.3 is 14.5 Å². The van der Waals surface area contributed by atoms with Crippen molar-refractivity contribution in [1.29, 1.82) is 0 Å². The lowest BCUT2D eigenvalue weighted by Crippen LogP contribution is -2.49. The van der Waals surface area contributed by atoms with Gasteiger partial charge in [-0.1, -0.05) is 23.7 Å². The van der Waals surface area contributed by atoms with Crippen LogP contribution in [0.4, 0.5) is 10.1 Å². The molecule has 0 atom stereocenters. The molecule has 0 aliphatic carbocycles. The number of hydrogen-bond acceptors (Lipinski definition) is 3. The second-order valence-electron chi connectivity index (χ2n) is 6.77. The number of methoxy groups -OCH3 is 1. The van der Waals surface area contributed by atoms with E-state index in [-0.39, 0.29) is 11.7 Å². The van der Waals surface area contributed by atoms with Gasteiger partial charge in [-0.3, -0.25) is 4.79 Å². The van der Waals surface area contributed by atoms with Crippen LogP contribution in [0.25, 0.3) is 0 Å². The van der Waals surface area contributed by atoms with Gasteiger partial charge in [-0.05, 0) is 48.7 Å². The van der Waals surface area contributed by atoms with Gasteiger partial charge in [0.15, 0.2) is 11.6 Å². The van der Waals surface area contributed by atoms with Crippen molar-refractivity contribution in [3.05, 3.63) is 58.4 Å². The minimum Gasteiger partial charge on any atom is -0.494 e. The summed E-state index contributed by atoms with van der Waals surface area (Å²) in [6.45, 7) is 4.99. The summed E-state index contributed by atoms with van der Waals surface area (Å²) in [6.07, 6.45) is 0.898. The molecule has 4 nitrogen and oxygen atoms in total. The van der Waals surface area contributed by atoms with Gasteiger partial charge in [0, 0.05) is 43.3 Å². The molecule has 144 valence electrons. The lowest BCUT2D eigenvalue weighted by molar-refractivity contribution is -0.131. The van der Waals surface area contributed by atoms with Crippen LogP contribution in [0, 0.1) is 12.7 Å². The molecule has 1 aliphatic heterocycles. The van der Waals surface area contributed by atoms with E-state index in [0.717, 1.165) is 29.4 Å². The Bertz CT molecular complexity index is 820. The molecule has 2 aromatic rings. The SMILES string of the molecule is COc1ccc(CCC(=O)N2CCN(c3cc(Cl)ccc3C)CC2)cc1F. The fourth-order valence-electron chi connectivity index (χ4n) is 3.39. The van der Waals surface area contributed by atoms with E-state index in [1.807, 2.05) is 23.1 Å². The fraction of sp³-hybridized carbons (Fsp3) is 0.381. The molecule has 27 heavy (non-hydrogen) atoms. The Morgan fingerprint density at radius 3 is 2.56 bits per heavy atom. The minimum absolute atomic E-state index is 0.105. The first kappa shape index (κ1) is 19.5. The van der Waals surface area contributed by atoms with Crippen LogP contribution in [0.2, 0.25) is 5.02 Å². The lowest BCUT2D eigenvalue weighted by atomic mass is 10.1. The maximum Gasteiger partial charge on any atom is 0.223 e. The number of benzene rings is 2. The molecule has 0 aromatic heterocycles. The number of piperazine rings is 1. The quantitative estimate of drug-likeness (QED) is 0.771. The average molecular weight is 391 g/mol. The van der Waals surface area contributed by atoms with E-state index in [0.29, 0.717) is 25.9 Å². The summed E-state index contributed by atoms with van der Waals surface area (Å²) in [6, 6.07) is 10.7. The molecule has 1 amide bonds. The predicted molar refractivity (Wildman–Crippen MR) is 106 cm³/mol. The zero-order valence-electron chi connectivity index (χ0n) is 15.7. The maximum atomic E-state index is 13.8. The standard InChI is InChI=1S/C21H24ClFN2O2/c1-15-3-6-17(22)14-19(15)24-9-11-25(12-10-24)21(26)8-5-16-4-7-20(27-2)18(23)13-16/h3-4,6-7,13-14H,5,8-12H2,1-2H3. The van der Waals surface area contributed by atoms with Gasteiger partial charge in [-0.2, -0.15) is 0 Å². The van der Waals surface area contributed by atoms with Crippen molar-refractivity contribution in [2.75, 3.05) is 38.2 Å². The van der Waals surface area contributed by atoms with Crippen molar-refractivity contribution >= 4 is 23.2 Å². The molecule has 1 fully saturated rings. The molecule has 0 unspecified atom stereocenters. The molecular weight excluding hydrogens is 367 g/mol. The molecular formula is C21H24ClFN2O2. The van der Waals surface area contributed by atoms with E-state index in [9.17, 15) is 9.18 Å². The van der Waals surface area contributed by atoms with Crippen LogP contribution in [-0.4, -0.2) is 44.1 Å². The normalized spacial score (nSPS) is 14.4. The van der Waals surface area contributed by atoms with Gasteiger partial charge >= 0.3 is 0 Å². The summed E-state index contributed by atoms with van der Waals surface area (Å²) in [5.41, 5.74) is 3.11. The molecule has 0 spiro atoms. The summed E-state index contributed by atoms with van der Waals surface area (Å²) in [7, 11) is 1.44. The summed E-state index contributed by atoms with van der Waals surface area (Å²) in [5.74, 6) is -0.0702. The highest BCUT2D eigenvalue weighted by atomic mass is 35.5. The average Bonchev–Trinajstić information content (AvgIpc) is 2.68. The van der Waals surface area contributed by atoms with Crippen LogP contribution in [-0.2, 0) is 11.2 Å². The number of carbonyl (C=O) groups excluding carboxylic acids is 1. The molecule has 1 saturated heterocycles. The van der Waals surface area contributed by atoms with Gasteiger partial charge in [-0.15, -0.1) is 0 Å². The summed E-state index contributed by atoms with van der Waals surface area (Å²) in [5, 5.41) is 0.723. The maximum absolute atomic E-state index is 13.8. The van der Waals surface area contributed by atoms with Crippen LogP contribution in [0.1, 0.15) is 17.5 Å². The number of aryl methyl sites for hydroxylation is 2. The van der Waals surface area contributed by atoms with Crippen molar-refractivity contribution in [3.63, 3.8) is 0 Å². The topological polar surface area (TPSA) is 32.8 Å². The number of nitrogens with zero attached hydrogens (tertiary/aromatic N) is 2. The number of ether oxygens (including phenoxy) is 1. The zero-order valence-corrected chi connectivity index (χ0v) is 16.4. The van der Waals surface area contributed by atoms with Crippen LogP contribution in [0.5, 0.6) is 5.75 Å². The van der Waals surface area contributed by atoms with Gasteiger partial charge in [0.2, 0.25) is 5.91 Å². The van der Waals surface area contributed by atoms with E-state index < -0.39 is 5.82 Å². The van der Waals surface area contributed by atoms with Crippen molar-refractivity contribution in [3.8, 4) is 5.75 Å². The molecule has 6 heteroatoms. The third-order valence-electron chi connectivity index (χ3n) is 4.99. The Balaban J connectivity index is 1.52. The highest BCUT2D eigenvalue weighted by Crippen LogP contribution is 2.25. The van der Waals surface area contributed by atoms with E-state index in [2.05, 4.69) is 11.8 Å². The van der Waals surface area contributed by atoms with E-state index in [1.165, 1.54) is 18.7 Å². The Labute approximate surface area is 164 Å². The Morgan fingerprint density at radius 1 is 1.15 bits per heavy atom. The number of halogens is 2. The molecule has 2 aromatic carbocycles. The van der Waals surface area contributed by atoms with Gasteiger partial charge in [0.25, 0.3) is 0 Å². The zero-order chi connectivity index (χ0) is 19.4. The fourth-order valence-corrected chi connectivity index (χ4v) is 3.56. The van der Waals surface area contributed by atoms with Crippen LogP contribution >= 0.6 is 11.6 Å². The Morgan fingerprint density at radius 2 is 1.89 bits per heavy atom. The molecule has 1 heterocycles. The van der Waals surface area contributed by atoms with Gasteiger partial charge in [0.05, 0.1) is 7.11 Å². The molecule has 0 radical (unpaired) electrons. The van der Waals surface area contributed by atoms with Crippen molar-refractivity contribution < 1.29 is 13.9 Å².